The van der Waals surface area contributed by atoms with Gasteiger partial charge in [0, 0.05) is 37.1 Å². The maximum Gasteiger partial charge on any atom is 0.265 e. The van der Waals surface area contributed by atoms with Gasteiger partial charge in [-0.25, -0.2) is 15.0 Å². The Morgan fingerprint density at radius 1 is 1.21 bits per heavy atom. The molecule has 1 aliphatic heterocycles. The van der Waals surface area contributed by atoms with E-state index in [2.05, 4.69) is 25.3 Å². The third kappa shape index (κ3) is 4.01. The van der Waals surface area contributed by atoms with E-state index in [1.165, 1.54) is 11.3 Å². The Morgan fingerprint density at radius 2 is 2.04 bits per heavy atom. The first kappa shape index (κ1) is 18.5. The number of carbonyl (C=O) groups excluding carboxylic acids is 1. The zero-order chi connectivity index (χ0) is 19.5. The van der Waals surface area contributed by atoms with E-state index in [-0.39, 0.29) is 11.8 Å². The number of thiazole rings is 1. The molecular weight excluding hydrogens is 372 g/mol. The largest absolute Gasteiger partial charge is 0.337 e. The van der Waals surface area contributed by atoms with Gasteiger partial charge in [-0.2, -0.15) is 0 Å². The van der Waals surface area contributed by atoms with E-state index in [1.807, 2.05) is 30.9 Å². The first-order valence-electron chi connectivity index (χ1n) is 9.33. The van der Waals surface area contributed by atoms with E-state index in [1.54, 1.807) is 24.7 Å². The molecule has 28 heavy (non-hydrogen) atoms. The number of rotatable bonds is 4. The van der Waals surface area contributed by atoms with Crippen molar-refractivity contribution in [2.75, 3.05) is 18.4 Å². The summed E-state index contributed by atoms with van der Waals surface area (Å²) in [6.45, 7) is 5.32. The van der Waals surface area contributed by atoms with E-state index >= 15 is 0 Å². The monoisotopic (exact) mass is 394 g/mol. The molecule has 8 heteroatoms. The highest BCUT2D eigenvalue weighted by Crippen LogP contribution is 2.29. The van der Waals surface area contributed by atoms with Crippen molar-refractivity contribution in [3.05, 3.63) is 58.1 Å². The van der Waals surface area contributed by atoms with Crippen molar-refractivity contribution in [2.45, 2.75) is 32.6 Å². The molecule has 1 atom stereocenters. The van der Waals surface area contributed by atoms with Crippen LogP contribution in [0.1, 0.15) is 44.8 Å². The highest BCUT2D eigenvalue weighted by atomic mass is 32.1. The molecular formula is C20H22N6OS. The third-order valence-corrected chi connectivity index (χ3v) is 5.89. The molecule has 1 fully saturated rings. The average molecular weight is 395 g/mol. The molecule has 3 aromatic rings. The van der Waals surface area contributed by atoms with Gasteiger partial charge < -0.3 is 10.2 Å². The molecule has 144 valence electrons. The normalized spacial score (nSPS) is 16.8. The van der Waals surface area contributed by atoms with Crippen LogP contribution in [0.3, 0.4) is 0 Å². The first-order chi connectivity index (χ1) is 13.6. The highest BCUT2D eigenvalue weighted by molar-refractivity contribution is 7.13. The number of amides is 1. The summed E-state index contributed by atoms with van der Waals surface area (Å²) >= 11 is 1.48. The first-order valence-corrected chi connectivity index (χ1v) is 10.1. The second-order valence-electron chi connectivity index (χ2n) is 6.91. The Labute approximate surface area is 167 Å². The predicted molar refractivity (Wildman–Crippen MR) is 109 cm³/mol. The van der Waals surface area contributed by atoms with Gasteiger partial charge in [0.05, 0.1) is 22.6 Å². The molecule has 1 N–H and O–H groups in total. The van der Waals surface area contributed by atoms with Gasteiger partial charge in [-0.1, -0.05) is 0 Å². The van der Waals surface area contributed by atoms with Crippen molar-refractivity contribution in [1.82, 2.24) is 24.8 Å². The summed E-state index contributed by atoms with van der Waals surface area (Å²) in [7, 11) is 0. The molecule has 1 aliphatic rings. The van der Waals surface area contributed by atoms with Crippen molar-refractivity contribution in [3.63, 3.8) is 0 Å². The minimum absolute atomic E-state index is 0.0901. The lowest BCUT2D eigenvalue weighted by atomic mass is 9.94. The third-order valence-electron chi connectivity index (χ3n) is 4.83. The van der Waals surface area contributed by atoms with Gasteiger partial charge in [0.2, 0.25) is 5.95 Å². The molecule has 0 bridgehead atoms. The van der Waals surface area contributed by atoms with E-state index in [0.29, 0.717) is 12.5 Å². The number of piperidine rings is 1. The lowest BCUT2D eigenvalue weighted by Crippen LogP contribution is -2.39. The zero-order valence-electron chi connectivity index (χ0n) is 15.9. The molecule has 1 saturated heterocycles. The maximum atomic E-state index is 12.9. The van der Waals surface area contributed by atoms with Gasteiger partial charge in [-0.3, -0.25) is 9.78 Å². The Hall–Kier alpha value is -2.87. The number of hydrogen-bond donors (Lipinski definition) is 1. The van der Waals surface area contributed by atoms with Crippen LogP contribution in [0.25, 0.3) is 0 Å². The molecule has 4 heterocycles. The molecule has 0 aromatic carbocycles. The van der Waals surface area contributed by atoms with E-state index in [0.717, 1.165) is 46.3 Å². The number of aryl methyl sites for hydroxylation is 2. The van der Waals surface area contributed by atoms with Gasteiger partial charge in [0.15, 0.2) is 0 Å². The van der Waals surface area contributed by atoms with Crippen LogP contribution < -0.4 is 5.32 Å². The predicted octanol–water partition coefficient (Wildman–Crippen LogP) is 3.71. The molecule has 0 unspecified atom stereocenters. The van der Waals surface area contributed by atoms with Gasteiger partial charge in [0.1, 0.15) is 4.88 Å². The minimum atomic E-state index is 0.0901. The molecule has 7 nitrogen and oxygen atoms in total. The van der Waals surface area contributed by atoms with Gasteiger partial charge in [-0.05, 0) is 44.9 Å². The summed E-state index contributed by atoms with van der Waals surface area (Å²) in [5, 5.41) is 4.07. The second kappa shape index (κ2) is 8.02. The van der Waals surface area contributed by atoms with E-state index in [9.17, 15) is 4.79 Å². The summed E-state index contributed by atoms with van der Waals surface area (Å²) in [5.41, 5.74) is 2.68. The number of pyridine rings is 1. The zero-order valence-corrected chi connectivity index (χ0v) is 16.7. The van der Waals surface area contributed by atoms with Crippen LogP contribution in [0.15, 0.2) is 36.8 Å². The van der Waals surface area contributed by atoms with Crippen molar-refractivity contribution in [1.29, 1.82) is 0 Å². The van der Waals surface area contributed by atoms with Crippen LogP contribution in [0, 0.1) is 13.8 Å². The van der Waals surface area contributed by atoms with Crippen LogP contribution in [-0.4, -0.2) is 43.8 Å². The number of anilines is 2. The molecule has 3 aromatic heterocycles. The molecule has 0 aliphatic carbocycles. The standard InChI is InChI=1S/C20H22N6OS/c1-13-18(28-14(2)24-13)19(27)26-10-3-5-15(12-26)17-7-6-16(11-23-17)25-20-21-8-4-9-22-20/h4,6-9,11,15H,3,5,10,12H2,1-2H3,(H,21,22,25)/t15-/m0/s1. The fraction of sp³-hybridized carbons (Fsp3) is 0.350. The van der Waals surface area contributed by atoms with Crippen LogP contribution >= 0.6 is 11.3 Å². The van der Waals surface area contributed by atoms with E-state index < -0.39 is 0 Å². The highest BCUT2D eigenvalue weighted by Gasteiger charge is 2.28. The number of aromatic nitrogens is 4. The topological polar surface area (TPSA) is 83.9 Å². The van der Waals surface area contributed by atoms with Gasteiger partial charge >= 0.3 is 0 Å². The Bertz CT molecular complexity index is 957. The van der Waals surface area contributed by atoms with Crippen molar-refractivity contribution < 1.29 is 4.79 Å². The van der Waals surface area contributed by atoms with E-state index in [4.69, 9.17) is 0 Å². The maximum absolute atomic E-state index is 12.9. The summed E-state index contributed by atoms with van der Waals surface area (Å²) in [4.78, 5) is 32.9. The lowest BCUT2D eigenvalue weighted by Gasteiger charge is -2.32. The number of hydrogen-bond acceptors (Lipinski definition) is 7. The SMILES string of the molecule is Cc1nc(C)c(C(=O)N2CCC[C@H](c3ccc(Nc4ncccn4)cn3)C2)s1. The molecule has 4 rings (SSSR count). The van der Waals surface area contributed by atoms with Crippen LogP contribution in [-0.2, 0) is 0 Å². The summed E-state index contributed by atoms with van der Waals surface area (Å²) < 4.78 is 0. The Balaban J connectivity index is 1.44. The molecule has 0 radical (unpaired) electrons. The number of nitrogens with zero attached hydrogens (tertiary/aromatic N) is 5. The van der Waals surface area contributed by atoms with Crippen molar-refractivity contribution in [3.8, 4) is 0 Å². The van der Waals surface area contributed by atoms with Gasteiger partial charge in [-0.15, -0.1) is 11.3 Å². The summed E-state index contributed by atoms with van der Waals surface area (Å²) in [6, 6.07) is 5.78. The quantitative estimate of drug-likeness (QED) is 0.726. The summed E-state index contributed by atoms with van der Waals surface area (Å²) in [5.74, 6) is 0.878. The second-order valence-corrected chi connectivity index (χ2v) is 8.11. The van der Waals surface area contributed by atoms with Crippen molar-refractivity contribution in [2.24, 2.45) is 0 Å². The molecule has 0 spiro atoms. The Morgan fingerprint density at radius 3 is 2.71 bits per heavy atom. The fourth-order valence-corrected chi connectivity index (χ4v) is 4.38. The fourth-order valence-electron chi connectivity index (χ4n) is 3.49. The Kier molecular flexibility index (Phi) is 5.29. The van der Waals surface area contributed by atoms with Crippen LogP contribution in [0.4, 0.5) is 11.6 Å². The number of likely N-dealkylation sites (tertiary alicyclic amines) is 1. The molecule has 1 amide bonds. The van der Waals surface area contributed by atoms with Crippen LogP contribution in [0.5, 0.6) is 0 Å². The lowest BCUT2D eigenvalue weighted by molar-refractivity contribution is 0.0710. The smallest absolute Gasteiger partial charge is 0.265 e. The summed E-state index contributed by atoms with van der Waals surface area (Å²) in [6.07, 6.45) is 7.19. The van der Waals surface area contributed by atoms with Crippen molar-refractivity contribution >= 4 is 28.9 Å². The number of nitrogens with one attached hydrogen (secondary N) is 1. The number of carbonyl (C=O) groups is 1. The average Bonchev–Trinajstić information content (AvgIpc) is 3.07. The molecule has 0 saturated carbocycles. The minimum Gasteiger partial charge on any atom is -0.337 e. The van der Waals surface area contributed by atoms with Crippen LogP contribution in [0.2, 0.25) is 0 Å². The van der Waals surface area contributed by atoms with Gasteiger partial charge in [0.25, 0.3) is 5.91 Å².